The molecule has 0 heterocycles. The van der Waals surface area contributed by atoms with Gasteiger partial charge in [0, 0.05) is 26.2 Å². The van der Waals surface area contributed by atoms with Crippen molar-refractivity contribution in [1.29, 1.82) is 0 Å². The van der Waals surface area contributed by atoms with Crippen molar-refractivity contribution in [3.05, 3.63) is 29.8 Å². The van der Waals surface area contributed by atoms with Gasteiger partial charge in [0.25, 0.3) is 5.91 Å². The summed E-state index contributed by atoms with van der Waals surface area (Å²) in [6, 6.07) is 5.59. The van der Waals surface area contributed by atoms with Gasteiger partial charge in [-0.15, -0.1) is 0 Å². The maximum Gasteiger partial charge on any atom is 0.307 e. The highest BCUT2D eigenvalue weighted by molar-refractivity contribution is 7.89. The van der Waals surface area contributed by atoms with Crippen LogP contribution >= 0.6 is 0 Å². The average molecular weight is 328 g/mol. The highest BCUT2D eigenvalue weighted by atomic mass is 32.2. The molecule has 1 aromatic rings. The number of nitrogens with zero attached hydrogens (tertiary/aromatic N) is 1. The largest absolute Gasteiger partial charge is 0.466 e. The van der Waals surface area contributed by atoms with Crippen LogP contribution in [-0.2, 0) is 19.6 Å². The molecule has 1 aromatic carbocycles. The molecular formula is C14H20N2O5S. The first kappa shape index (κ1) is 18.1. The summed E-state index contributed by atoms with van der Waals surface area (Å²) in [7, 11) is -0.642. The molecule has 0 spiro atoms. The summed E-state index contributed by atoms with van der Waals surface area (Å²) >= 11 is 0. The number of rotatable bonds is 7. The van der Waals surface area contributed by atoms with E-state index in [0.29, 0.717) is 12.2 Å². The molecule has 0 saturated carbocycles. The van der Waals surface area contributed by atoms with Gasteiger partial charge in [0.2, 0.25) is 10.0 Å². The lowest BCUT2D eigenvalue weighted by atomic mass is 10.2. The molecule has 1 N–H and O–H groups in total. The zero-order chi connectivity index (χ0) is 16.8. The van der Waals surface area contributed by atoms with Crippen LogP contribution in [0.4, 0.5) is 0 Å². The molecule has 1 rings (SSSR count). The Bertz CT molecular complexity index is 623. The summed E-state index contributed by atoms with van der Waals surface area (Å²) in [5.41, 5.74) is 0.321. The van der Waals surface area contributed by atoms with Crippen LogP contribution in [-0.4, -0.2) is 51.8 Å². The van der Waals surface area contributed by atoms with E-state index in [2.05, 4.69) is 5.32 Å². The first-order valence-corrected chi connectivity index (χ1v) is 8.19. The molecular weight excluding hydrogens is 308 g/mol. The van der Waals surface area contributed by atoms with Gasteiger partial charge in [0.1, 0.15) is 0 Å². The number of hydrogen-bond acceptors (Lipinski definition) is 5. The van der Waals surface area contributed by atoms with Gasteiger partial charge >= 0.3 is 5.97 Å². The molecule has 0 atom stereocenters. The van der Waals surface area contributed by atoms with Crippen molar-refractivity contribution in [2.75, 3.05) is 27.2 Å². The van der Waals surface area contributed by atoms with Gasteiger partial charge in [0.15, 0.2) is 0 Å². The highest BCUT2D eigenvalue weighted by Gasteiger charge is 2.17. The molecule has 122 valence electrons. The molecule has 0 radical (unpaired) electrons. The Kier molecular flexibility index (Phi) is 6.51. The zero-order valence-corrected chi connectivity index (χ0v) is 13.6. The lowest BCUT2D eigenvalue weighted by Crippen LogP contribution is -2.26. The van der Waals surface area contributed by atoms with Gasteiger partial charge in [0.05, 0.1) is 17.9 Å². The van der Waals surface area contributed by atoms with E-state index in [-0.39, 0.29) is 29.7 Å². The summed E-state index contributed by atoms with van der Waals surface area (Å²) in [4.78, 5) is 23.1. The normalized spacial score (nSPS) is 11.3. The topological polar surface area (TPSA) is 92.8 Å². The predicted octanol–water partition coefficient (Wildman–Crippen LogP) is 0.620. The van der Waals surface area contributed by atoms with E-state index in [4.69, 9.17) is 4.74 Å². The quantitative estimate of drug-likeness (QED) is 0.741. The molecule has 22 heavy (non-hydrogen) atoms. The van der Waals surface area contributed by atoms with E-state index >= 15 is 0 Å². The third kappa shape index (κ3) is 4.81. The number of carbonyl (C=O) groups excluding carboxylic acids is 2. The molecule has 0 aliphatic carbocycles. The van der Waals surface area contributed by atoms with Crippen molar-refractivity contribution in [1.82, 2.24) is 9.62 Å². The number of nitrogens with one attached hydrogen (secondary N) is 1. The number of esters is 1. The molecule has 0 fully saturated rings. The zero-order valence-electron chi connectivity index (χ0n) is 12.8. The fourth-order valence-electron chi connectivity index (χ4n) is 1.60. The van der Waals surface area contributed by atoms with Crippen molar-refractivity contribution in [2.45, 2.75) is 18.2 Å². The highest BCUT2D eigenvalue weighted by Crippen LogP contribution is 2.13. The summed E-state index contributed by atoms with van der Waals surface area (Å²) in [5, 5.41) is 2.57. The SMILES string of the molecule is CCOC(=O)CCNC(=O)c1ccc(S(=O)(=O)N(C)C)cc1. The molecule has 0 aliphatic heterocycles. The van der Waals surface area contributed by atoms with Gasteiger partial charge in [-0.2, -0.15) is 0 Å². The van der Waals surface area contributed by atoms with Crippen LogP contribution in [0, 0.1) is 0 Å². The lowest BCUT2D eigenvalue weighted by molar-refractivity contribution is -0.142. The molecule has 0 aromatic heterocycles. The fraction of sp³-hybridized carbons (Fsp3) is 0.429. The van der Waals surface area contributed by atoms with Crippen LogP contribution in [0.15, 0.2) is 29.2 Å². The second-order valence-corrected chi connectivity index (χ2v) is 6.77. The number of carbonyl (C=O) groups is 2. The van der Waals surface area contributed by atoms with Crippen molar-refractivity contribution >= 4 is 21.9 Å². The number of benzene rings is 1. The molecule has 7 nitrogen and oxygen atoms in total. The maximum atomic E-state index is 11.9. The number of sulfonamides is 1. The molecule has 0 saturated heterocycles. The van der Waals surface area contributed by atoms with E-state index in [1.54, 1.807) is 6.92 Å². The van der Waals surface area contributed by atoms with E-state index in [1.807, 2.05) is 0 Å². The molecule has 0 unspecified atom stereocenters. The van der Waals surface area contributed by atoms with Crippen molar-refractivity contribution in [2.24, 2.45) is 0 Å². The van der Waals surface area contributed by atoms with E-state index < -0.39 is 10.0 Å². The van der Waals surface area contributed by atoms with Crippen molar-refractivity contribution in [3.63, 3.8) is 0 Å². The minimum atomic E-state index is -3.51. The first-order chi connectivity index (χ1) is 10.3. The van der Waals surface area contributed by atoms with Gasteiger partial charge < -0.3 is 10.1 Å². The third-order valence-electron chi connectivity index (χ3n) is 2.82. The minimum Gasteiger partial charge on any atom is -0.466 e. The monoisotopic (exact) mass is 328 g/mol. The van der Waals surface area contributed by atoms with Crippen molar-refractivity contribution < 1.29 is 22.7 Å². The first-order valence-electron chi connectivity index (χ1n) is 6.75. The van der Waals surface area contributed by atoms with Crippen LogP contribution < -0.4 is 5.32 Å². The Morgan fingerprint density at radius 1 is 1.18 bits per heavy atom. The fourth-order valence-corrected chi connectivity index (χ4v) is 2.50. The lowest BCUT2D eigenvalue weighted by Gasteiger charge is -2.11. The Hall–Kier alpha value is -1.93. The van der Waals surface area contributed by atoms with Gasteiger partial charge in [-0.05, 0) is 31.2 Å². The predicted molar refractivity (Wildman–Crippen MR) is 80.9 cm³/mol. The van der Waals surface area contributed by atoms with Crippen LogP contribution in [0.1, 0.15) is 23.7 Å². The summed E-state index contributed by atoms with van der Waals surface area (Å²) < 4.78 is 29.6. The third-order valence-corrected chi connectivity index (χ3v) is 4.64. The average Bonchev–Trinajstić information content (AvgIpc) is 2.47. The summed E-state index contributed by atoms with van der Waals surface area (Å²) in [5.74, 6) is -0.756. The molecule has 8 heteroatoms. The molecule has 1 amide bonds. The Morgan fingerprint density at radius 2 is 1.77 bits per heavy atom. The van der Waals surface area contributed by atoms with Crippen molar-refractivity contribution in [3.8, 4) is 0 Å². The van der Waals surface area contributed by atoms with Gasteiger partial charge in [-0.1, -0.05) is 0 Å². The molecule has 0 aliphatic rings. The second-order valence-electron chi connectivity index (χ2n) is 4.62. The Labute approximate surface area is 130 Å². The van der Waals surface area contributed by atoms with Crippen LogP contribution in [0.2, 0.25) is 0 Å². The van der Waals surface area contributed by atoms with Crippen LogP contribution in [0.25, 0.3) is 0 Å². The number of amides is 1. The van der Waals surface area contributed by atoms with Gasteiger partial charge in [-0.25, -0.2) is 12.7 Å². The van der Waals surface area contributed by atoms with Gasteiger partial charge in [-0.3, -0.25) is 9.59 Å². The maximum absolute atomic E-state index is 11.9. The smallest absolute Gasteiger partial charge is 0.307 e. The Balaban J connectivity index is 2.63. The van der Waals surface area contributed by atoms with Crippen LogP contribution in [0.5, 0.6) is 0 Å². The van der Waals surface area contributed by atoms with E-state index in [9.17, 15) is 18.0 Å². The summed E-state index contributed by atoms with van der Waals surface area (Å²) in [6.07, 6.45) is 0.0900. The van der Waals surface area contributed by atoms with E-state index in [0.717, 1.165) is 4.31 Å². The molecule has 0 bridgehead atoms. The Morgan fingerprint density at radius 3 is 2.27 bits per heavy atom. The van der Waals surface area contributed by atoms with E-state index in [1.165, 1.54) is 38.4 Å². The standard InChI is InChI=1S/C14H20N2O5S/c1-4-21-13(17)9-10-15-14(18)11-5-7-12(8-6-11)22(19,20)16(2)3/h5-8H,4,9-10H2,1-3H3,(H,15,18). The minimum absolute atomic E-state index is 0.0900. The summed E-state index contributed by atoms with van der Waals surface area (Å²) in [6.45, 7) is 2.17. The number of ether oxygens (including phenoxy) is 1. The number of hydrogen-bond donors (Lipinski definition) is 1. The second kappa shape index (κ2) is 7.90. The van der Waals surface area contributed by atoms with Crippen LogP contribution in [0.3, 0.4) is 0 Å².